The second-order valence-electron chi connectivity index (χ2n) is 6.85. The number of pyridine rings is 1. The Morgan fingerprint density at radius 3 is 2.61 bits per heavy atom. The number of nitrogens with one attached hydrogen (secondary N) is 1. The molecular weight excluding hydrogens is 366 g/mol. The van der Waals surface area contributed by atoms with Crippen LogP contribution in [0.25, 0.3) is 11.3 Å². The van der Waals surface area contributed by atoms with E-state index in [1.54, 1.807) is 17.5 Å². The number of fused-ring (bicyclic) bond motifs is 1. The van der Waals surface area contributed by atoms with E-state index in [9.17, 15) is 0 Å². The number of nitrogens with zero attached hydrogens (tertiary/aromatic N) is 2. The Morgan fingerprint density at radius 2 is 1.82 bits per heavy atom. The van der Waals surface area contributed by atoms with Crippen molar-refractivity contribution >= 4 is 22.2 Å². The highest BCUT2D eigenvalue weighted by Crippen LogP contribution is 2.30. The topological polar surface area (TPSA) is 47.0 Å². The van der Waals surface area contributed by atoms with Gasteiger partial charge >= 0.3 is 0 Å². The van der Waals surface area contributed by atoms with Gasteiger partial charge in [-0.1, -0.05) is 30.3 Å². The molecule has 0 radical (unpaired) electrons. The Balaban J connectivity index is 1.27. The largest absolute Gasteiger partial charge is 0.490 e. The minimum Gasteiger partial charge on any atom is -0.490 e. The second-order valence-corrected chi connectivity index (χ2v) is 7.71. The Hall–Kier alpha value is -3.18. The van der Waals surface area contributed by atoms with Gasteiger partial charge in [-0.25, -0.2) is 4.98 Å². The molecule has 5 rings (SSSR count). The standard InChI is InChI=1S/C23H19N3OS/c1-2-6-17-12-21(11-16(17)5-1)27-20-9-3-8-19(13-20)25-23-26-22(15-28-23)18-7-4-10-24-14-18/h1-10,13-15,21H,11-12H2,(H,25,26). The lowest BCUT2D eigenvalue weighted by atomic mass is 10.1. The maximum atomic E-state index is 6.25. The van der Waals surface area contributed by atoms with Crippen LogP contribution in [0.15, 0.2) is 78.4 Å². The van der Waals surface area contributed by atoms with Crippen LogP contribution in [0.3, 0.4) is 0 Å². The summed E-state index contributed by atoms with van der Waals surface area (Å²) in [5.74, 6) is 0.881. The lowest BCUT2D eigenvalue weighted by molar-refractivity contribution is 0.214. The van der Waals surface area contributed by atoms with Crippen LogP contribution in [0.4, 0.5) is 10.8 Å². The van der Waals surface area contributed by atoms with Crippen LogP contribution in [0.1, 0.15) is 11.1 Å². The summed E-state index contributed by atoms with van der Waals surface area (Å²) in [5, 5.41) is 6.27. The zero-order valence-corrected chi connectivity index (χ0v) is 16.0. The second kappa shape index (κ2) is 7.44. The molecule has 1 aliphatic rings. The van der Waals surface area contributed by atoms with Crippen LogP contribution in [0, 0.1) is 0 Å². The molecule has 0 spiro atoms. The summed E-state index contributed by atoms with van der Waals surface area (Å²) in [6.07, 6.45) is 5.73. The first-order valence-electron chi connectivity index (χ1n) is 9.30. The molecule has 4 aromatic rings. The third-order valence-electron chi connectivity index (χ3n) is 4.86. The van der Waals surface area contributed by atoms with Crippen molar-refractivity contribution < 1.29 is 4.74 Å². The van der Waals surface area contributed by atoms with E-state index >= 15 is 0 Å². The molecule has 0 saturated carbocycles. The summed E-state index contributed by atoms with van der Waals surface area (Å²) in [4.78, 5) is 8.82. The Morgan fingerprint density at radius 1 is 0.964 bits per heavy atom. The molecule has 0 aliphatic heterocycles. The molecule has 1 N–H and O–H groups in total. The SMILES string of the molecule is c1cc(Nc2nc(-c3cccnc3)cs2)cc(OC2Cc3ccccc3C2)c1. The molecule has 0 fully saturated rings. The molecular formula is C23H19N3OS. The van der Waals surface area contributed by atoms with E-state index in [-0.39, 0.29) is 6.10 Å². The minimum absolute atomic E-state index is 0.199. The predicted molar refractivity (Wildman–Crippen MR) is 113 cm³/mol. The number of hydrogen-bond acceptors (Lipinski definition) is 5. The van der Waals surface area contributed by atoms with Gasteiger partial charge in [-0.05, 0) is 35.4 Å². The summed E-state index contributed by atoms with van der Waals surface area (Å²) in [5.41, 5.74) is 5.71. The molecule has 0 amide bonds. The molecule has 0 saturated heterocycles. The maximum Gasteiger partial charge on any atom is 0.187 e. The van der Waals surface area contributed by atoms with Gasteiger partial charge in [-0.3, -0.25) is 4.98 Å². The summed E-state index contributed by atoms with van der Waals surface area (Å²) in [6.45, 7) is 0. The normalized spacial score (nSPS) is 13.3. The summed E-state index contributed by atoms with van der Waals surface area (Å²) in [6, 6.07) is 20.6. The van der Waals surface area contributed by atoms with E-state index in [0.717, 1.165) is 40.7 Å². The molecule has 1 aliphatic carbocycles. The highest BCUT2D eigenvalue weighted by Gasteiger charge is 2.22. The van der Waals surface area contributed by atoms with Gasteiger partial charge in [0.1, 0.15) is 11.9 Å². The van der Waals surface area contributed by atoms with Gasteiger partial charge in [0.05, 0.1) is 5.69 Å². The fraction of sp³-hybridized carbons (Fsp3) is 0.130. The zero-order chi connectivity index (χ0) is 18.8. The fourth-order valence-corrected chi connectivity index (χ4v) is 4.28. The van der Waals surface area contributed by atoms with Crippen LogP contribution < -0.4 is 10.1 Å². The maximum absolute atomic E-state index is 6.25. The number of ether oxygens (including phenoxy) is 1. The van der Waals surface area contributed by atoms with E-state index < -0.39 is 0 Å². The van der Waals surface area contributed by atoms with Crippen molar-refractivity contribution in [1.29, 1.82) is 0 Å². The Kier molecular flexibility index (Phi) is 4.51. The van der Waals surface area contributed by atoms with Crippen molar-refractivity contribution in [2.24, 2.45) is 0 Å². The first-order chi connectivity index (χ1) is 13.8. The Labute approximate surface area is 167 Å². The van der Waals surface area contributed by atoms with Crippen LogP contribution in [0.5, 0.6) is 5.75 Å². The van der Waals surface area contributed by atoms with E-state index in [1.807, 2.05) is 48.0 Å². The van der Waals surface area contributed by atoms with Gasteiger partial charge in [0.15, 0.2) is 5.13 Å². The molecule has 2 aromatic heterocycles. The average molecular weight is 385 g/mol. The molecule has 138 valence electrons. The van der Waals surface area contributed by atoms with Gasteiger partial charge in [0, 0.05) is 47.9 Å². The molecule has 0 atom stereocenters. The zero-order valence-electron chi connectivity index (χ0n) is 15.2. The first-order valence-corrected chi connectivity index (χ1v) is 10.2. The average Bonchev–Trinajstić information content (AvgIpc) is 3.35. The van der Waals surface area contributed by atoms with Crippen LogP contribution in [-0.2, 0) is 12.8 Å². The van der Waals surface area contributed by atoms with Crippen LogP contribution in [-0.4, -0.2) is 16.1 Å². The lowest BCUT2D eigenvalue weighted by Crippen LogP contribution is -2.16. The van der Waals surface area contributed by atoms with Crippen molar-refractivity contribution in [2.45, 2.75) is 18.9 Å². The van der Waals surface area contributed by atoms with Crippen molar-refractivity contribution in [2.75, 3.05) is 5.32 Å². The fourth-order valence-electron chi connectivity index (χ4n) is 3.54. The summed E-state index contributed by atoms with van der Waals surface area (Å²) < 4.78 is 6.25. The monoisotopic (exact) mass is 385 g/mol. The molecule has 2 aromatic carbocycles. The van der Waals surface area contributed by atoms with Crippen molar-refractivity contribution in [3.63, 3.8) is 0 Å². The quantitative estimate of drug-likeness (QED) is 0.493. The molecule has 2 heterocycles. The van der Waals surface area contributed by atoms with Crippen molar-refractivity contribution in [3.05, 3.63) is 89.6 Å². The van der Waals surface area contributed by atoms with Gasteiger partial charge < -0.3 is 10.1 Å². The molecule has 5 heteroatoms. The molecule has 4 nitrogen and oxygen atoms in total. The van der Waals surface area contributed by atoms with Gasteiger partial charge in [-0.15, -0.1) is 11.3 Å². The van der Waals surface area contributed by atoms with E-state index in [0.29, 0.717) is 0 Å². The minimum atomic E-state index is 0.199. The highest BCUT2D eigenvalue weighted by atomic mass is 32.1. The van der Waals surface area contributed by atoms with E-state index in [4.69, 9.17) is 4.74 Å². The number of thiazole rings is 1. The highest BCUT2D eigenvalue weighted by molar-refractivity contribution is 7.14. The van der Waals surface area contributed by atoms with Gasteiger partial charge in [0.25, 0.3) is 0 Å². The van der Waals surface area contributed by atoms with E-state index in [2.05, 4.69) is 39.6 Å². The number of aromatic nitrogens is 2. The number of rotatable bonds is 5. The third-order valence-corrected chi connectivity index (χ3v) is 5.62. The number of hydrogen-bond donors (Lipinski definition) is 1. The van der Waals surface area contributed by atoms with Crippen molar-refractivity contribution in [3.8, 4) is 17.0 Å². The summed E-state index contributed by atoms with van der Waals surface area (Å²) in [7, 11) is 0. The number of anilines is 2. The van der Waals surface area contributed by atoms with Gasteiger partial charge in [0.2, 0.25) is 0 Å². The smallest absolute Gasteiger partial charge is 0.187 e. The molecule has 0 bridgehead atoms. The van der Waals surface area contributed by atoms with Crippen LogP contribution >= 0.6 is 11.3 Å². The third kappa shape index (κ3) is 3.62. The van der Waals surface area contributed by atoms with Crippen molar-refractivity contribution in [1.82, 2.24) is 9.97 Å². The lowest BCUT2D eigenvalue weighted by Gasteiger charge is -2.14. The van der Waals surface area contributed by atoms with Gasteiger partial charge in [-0.2, -0.15) is 0 Å². The summed E-state index contributed by atoms with van der Waals surface area (Å²) >= 11 is 1.58. The Bertz CT molecular complexity index is 1070. The number of benzene rings is 2. The molecule has 0 unspecified atom stereocenters. The first kappa shape index (κ1) is 17.0. The predicted octanol–water partition coefficient (Wildman–Crippen LogP) is 5.49. The van der Waals surface area contributed by atoms with Crippen LogP contribution in [0.2, 0.25) is 0 Å². The molecule has 28 heavy (non-hydrogen) atoms. The van der Waals surface area contributed by atoms with E-state index in [1.165, 1.54) is 11.1 Å².